The third-order valence-corrected chi connectivity index (χ3v) is 4.54. The van der Waals surface area contributed by atoms with Crippen LogP contribution < -0.4 is 5.73 Å². The number of rotatable bonds is 2. The van der Waals surface area contributed by atoms with Gasteiger partial charge in [-0.3, -0.25) is 9.69 Å². The number of amides is 1. The molecule has 1 unspecified atom stereocenters. The second-order valence-electron chi connectivity index (χ2n) is 5.86. The van der Waals surface area contributed by atoms with E-state index in [1.807, 2.05) is 35.2 Å². The third-order valence-electron chi connectivity index (χ3n) is 4.54. The van der Waals surface area contributed by atoms with E-state index in [0.29, 0.717) is 6.04 Å². The van der Waals surface area contributed by atoms with Crippen LogP contribution in [0.1, 0.15) is 30.9 Å². The van der Waals surface area contributed by atoms with Crippen LogP contribution in [0.15, 0.2) is 30.3 Å². The number of carbonyl (C=O) groups excluding carboxylic acids is 1. The maximum absolute atomic E-state index is 12.6. The predicted octanol–water partition coefficient (Wildman–Crippen LogP) is 1.38. The quantitative estimate of drug-likeness (QED) is 0.885. The minimum absolute atomic E-state index is 0.0740. The molecule has 20 heavy (non-hydrogen) atoms. The molecule has 4 heteroatoms. The van der Waals surface area contributed by atoms with E-state index in [0.717, 1.165) is 31.6 Å². The minimum atomic E-state index is -0.524. The summed E-state index contributed by atoms with van der Waals surface area (Å²) in [6.07, 6.45) is 3.53. The van der Waals surface area contributed by atoms with Gasteiger partial charge in [-0.2, -0.15) is 0 Å². The average Bonchev–Trinajstić information content (AvgIpc) is 2.83. The molecule has 1 aromatic carbocycles. The van der Waals surface area contributed by atoms with Gasteiger partial charge in [-0.1, -0.05) is 30.3 Å². The molecule has 3 rings (SSSR count). The number of hydrogen-bond acceptors (Lipinski definition) is 3. The summed E-state index contributed by atoms with van der Waals surface area (Å²) < 4.78 is 0. The van der Waals surface area contributed by atoms with Crippen molar-refractivity contribution < 1.29 is 4.79 Å². The van der Waals surface area contributed by atoms with Gasteiger partial charge in [0.15, 0.2) is 0 Å². The number of nitrogens with zero attached hydrogens (tertiary/aromatic N) is 2. The molecule has 0 bridgehead atoms. The summed E-state index contributed by atoms with van der Waals surface area (Å²) in [6.45, 7) is 4.00. The number of benzene rings is 1. The van der Waals surface area contributed by atoms with Crippen molar-refractivity contribution in [1.82, 2.24) is 9.80 Å². The molecule has 2 fully saturated rings. The Bertz CT molecular complexity index is 462. The molecule has 2 aliphatic rings. The first-order valence-corrected chi connectivity index (χ1v) is 7.59. The Kier molecular flexibility index (Phi) is 4.03. The molecule has 2 N–H and O–H groups in total. The fourth-order valence-corrected chi connectivity index (χ4v) is 3.41. The van der Waals surface area contributed by atoms with E-state index < -0.39 is 6.04 Å². The van der Waals surface area contributed by atoms with Gasteiger partial charge in [-0.05, 0) is 31.4 Å². The van der Waals surface area contributed by atoms with Crippen LogP contribution in [0.2, 0.25) is 0 Å². The van der Waals surface area contributed by atoms with E-state index in [-0.39, 0.29) is 5.91 Å². The second-order valence-corrected chi connectivity index (χ2v) is 5.86. The van der Waals surface area contributed by atoms with Crippen LogP contribution in [-0.2, 0) is 4.79 Å². The topological polar surface area (TPSA) is 49.6 Å². The molecule has 108 valence electrons. The van der Waals surface area contributed by atoms with Crippen LogP contribution in [0, 0.1) is 0 Å². The van der Waals surface area contributed by atoms with Gasteiger partial charge in [0.05, 0.1) is 0 Å². The number of carbonyl (C=O) groups is 1. The molecule has 1 amide bonds. The van der Waals surface area contributed by atoms with Gasteiger partial charge >= 0.3 is 0 Å². The van der Waals surface area contributed by atoms with Crippen molar-refractivity contribution in [3.8, 4) is 0 Å². The van der Waals surface area contributed by atoms with Crippen molar-refractivity contribution in [2.24, 2.45) is 5.73 Å². The Balaban J connectivity index is 1.70. The Morgan fingerprint density at radius 1 is 1.15 bits per heavy atom. The Hall–Kier alpha value is -1.39. The van der Waals surface area contributed by atoms with Crippen molar-refractivity contribution in [1.29, 1.82) is 0 Å². The molecule has 2 atom stereocenters. The zero-order valence-corrected chi connectivity index (χ0v) is 11.9. The van der Waals surface area contributed by atoms with E-state index in [4.69, 9.17) is 5.73 Å². The Labute approximate surface area is 120 Å². The van der Waals surface area contributed by atoms with E-state index in [1.165, 1.54) is 19.4 Å². The summed E-state index contributed by atoms with van der Waals surface area (Å²) in [7, 11) is 0. The van der Waals surface area contributed by atoms with Crippen molar-refractivity contribution in [2.45, 2.75) is 31.3 Å². The maximum atomic E-state index is 12.6. The first-order valence-electron chi connectivity index (χ1n) is 7.59. The normalized spacial score (nSPS) is 25.1. The second kappa shape index (κ2) is 5.94. The van der Waals surface area contributed by atoms with Crippen LogP contribution in [0.3, 0.4) is 0 Å². The fourth-order valence-electron chi connectivity index (χ4n) is 3.41. The highest BCUT2D eigenvalue weighted by Gasteiger charge is 2.32. The first kappa shape index (κ1) is 13.6. The summed E-state index contributed by atoms with van der Waals surface area (Å²) in [6, 6.07) is 9.70. The van der Waals surface area contributed by atoms with Gasteiger partial charge in [0.25, 0.3) is 0 Å². The van der Waals surface area contributed by atoms with Crippen molar-refractivity contribution in [3.63, 3.8) is 0 Å². The summed E-state index contributed by atoms with van der Waals surface area (Å²) in [5.41, 5.74) is 7.06. The fraction of sp³-hybridized carbons (Fsp3) is 0.562. The molecule has 1 aromatic rings. The molecular formula is C16H23N3O. The summed E-state index contributed by atoms with van der Waals surface area (Å²) in [5, 5.41) is 0. The monoisotopic (exact) mass is 273 g/mol. The van der Waals surface area contributed by atoms with Gasteiger partial charge in [0.2, 0.25) is 5.91 Å². The smallest absolute Gasteiger partial charge is 0.244 e. The highest BCUT2D eigenvalue weighted by atomic mass is 16.2. The Morgan fingerprint density at radius 2 is 1.90 bits per heavy atom. The van der Waals surface area contributed by atoms with Gasteiger partial charge in [0.1, 0.15) is 6.04 Å². The van der Waals surface area contributed by atoms with Gasteiger partial charge in [0, 0.05) is 25.7 Å². The SMILES string of the molecule is N[C@@H](C(=O)N1CCCN2CCCC2C1)c1ccccc1. The molecule has 4 nitrogen and oxygen atoms in total. The third kappa shape index (κ3) is 2.72. The summed E-state index contributed by atoms with van der Waals surface area (Å²) in [4.78, 5) is 17.1. The molecule has 0 spiro atoms. The van der Waals surface area contributed by atoms with Crippen molar-refractivity contribution in [2.75, 3.05) is 26.2 Å². The Morgan fingerprint density at radius 3 is 2.70 bits per heavy atom. The maximum Gasteiger partial charge on any atom is 0.244 e. The van der Waals surface area contributed by atoms with E-state index >= 15 is 0 Å². The number of fused-ring (bicyclic) bond motifs is 1. The largest absolute Gasteiger partial charge is 0.339 e. The van der Waals surface area contributed by atoms with E-state index in [2.05, 4.69) is 4.90 Å². The minimum Gasteiger partial charge on any atom is -0.339 e. The molecule has 0 aromatic heterocycles. The van der Waals surface area contributed by atoms with Crippen LogP contribution in [0.4, 0.5) is 0 Å². The lowest BCUT2D eigenvalue weighted by molar-refractivity contribution is -0.133. The lowest BCUT2D eigenvalue weighted by atomic mass is 10.1. The first-order chi connectivity index (χ1) is 9.75. The molecule has 0 aliphatic carbocycles. The highest BCUT2D eigenvalue weighted by molar-refractivity contribution is 5.83. The molecular weight excluding hydrogens is 250 g/mol. The van der Waals surface area contributed by atoms with E-state index in [9.17, 15) is 4.79 Å². The number of nitrogens with two attached hydrogens (primary N) is 1. The van der Waals surface area contributed by atoms with Crippen molar-refractivity contribution in [3.05, 3.63) is 35.9 Å². The molecule has 2 saturated heterocycles. The van der Waals surface area contributed by atoms with Crippen LogP contribution in [-0.4, -0.2) is 47.9 Å². The standard InChI is InChI=1S/C16H23N3O/c17-15(13-6-2-1-3-7-13)16(20)19-11-5-10-18-9-4-8-14(18)12-19/h1-3,6-7,14-15H,4-5,8-12,17H2/t14?,15-/m1/s1. The van der Waals surface area contributed by atoms with Gasteiger partial charge in [-0.25, -0.2) is 0 Å². The summed E-state index contributed by atoms with van der Waals surface area (Å²) in [5.74, 6) is 0.0740. The van der Waals surface area contributed by atoms with Crippen LogP contribution >= 0.6 is 0 Å². The highest BCUT2D eigenvalue weighted by Crippen LogP contribution is 2.23. The lowest BCUT2D eigenvalue weighted by Crippen LogP contribution is -2.43. The average molecular weight is 273 g/mol. The van der Waals surface area contributed by atoms with Gasteiger partial charge < -0.3 is 10.6 Å². The molecule has 0 radical (unpaired) electrons. The zero-order chi connectivity index (χ0) is 13.9. The lowest BCUT2D eigenvalue weighted by Gasteiger charge is -2.27. The zero-order valence-electron chi connectivity index (χ0n) is 11.9. The van der Waals surface area contributed by atoms with E-state index in [1.54, 1.807) is 0 Å². The van der Waals surface area contributed by atoms with Crippen molar-refractivity contribution >= 4 is 5.91 Å². The molecule has 2 heterocycles. The van der Waals surface area contributed by atoms with Crippen LogP contribution in [0.5, 0.6) is 0 Å². The van der Waals surface area contributed by atoms with Crippen LogP contribution in [0.25, 0.3) is 0 Å². The van der Waals surface area contributed by atoms with Gasteiger partial charge in [-0.15, -0.1) is 0 Å². The molecule has 2 aliphatic heterocycles. The predicted molar refractivity (Wildman–Crippen MR) is 79.2 cm³/mol. The summed E-state index contributed by atoms with van der Waals surface area (Å²) >= 11 is 0. The molecule has 0 saturated carbocycles. The number of hydrogen-bond donors (Lipinski definition) is 1.